The van der Waals surface area contributed by atoms with Gasteiger partial charge in [0.2, 0.25) is 0 Å². The molecule has 1 heterocycles. The lowest BCUT2D eigenvalue weighted by Gasteiger charge is -2.18. The summed E-state index contributed by atoms with van der Waals surface area (Å²) in [5.74, 6) is 0. The number of hydrogen-bond acceptors (Lipinski definition) is 2. The highest BCUT2D eigenvalue weighted by molar-refractivity contribution is 9.10. The molecule has 1 nitrogen and oxygen atoms in total. The van der Waals surface area contributed by atoms with Crippen molar-refractivity contribution in [3.8, 4) is 0 Å². The molecule has 0 radical (unpaired) electrons. The van der Waals surface area contributed by atoms with E-state index in [4.69, 9.17) is 0 Å². The van der Waals surface area contributed by atoms with Crippen LogP contribution in [-0.2, 0) is 6.42 Å². The molecule has 3 heteroatoms. The molecule has 1 N–H and O–H groups in total. The van der Waals surface area contributed by atoms with Gasteiger partial charge in [0, 0.05) is 20.8 Å². The summed E-state index contributed by atoms with van der Waals surface area (Å²) in [6.07, 6.45) is 3.46. The molecule has 0 saturated carbocycles. The Bertz CT molecular complexity index is 481. The van der Waals surface area contributed by atoms with Gasteiger partial charge >= 0.3 is 0 Å². The fraction of sp³-hybridized carbons (Fsp3) is 0.375. The predicted octanol–water partition coefficient (Wildman–Crippen LogP) is 5.18. The van der Waals surface area contributed by atoms with Crippen molar-refractivity contribution in [3.63, 3.8) is 0 Å². The first-order valence-electron chi connectivity index (χ1n) is 6.81. The smallest absolute Gasteiger partial charge is 0.0323 e. The van der Waals surface area contributed by atoms with E-state index in [-0.39, 0.29) is 0 Å². The summed E-state index contributed by atoms with van der Waals surface area (Å²) < 4.78 is 1.20. The maximum atomic E-state index is 3.66. The van der Waals surface area contributed by atoms with Crippen LogP contribution in [0.1, 0.15) is 36.2 Å². The van der Waals surface area contributed by atoms with E-state index in [2.05, 4.69) is 69.9 Å². The first kappa shape index (κ1) is 14.8. The van der Waals surface area contributed by atoms with E-state index < -0.39 is 0 Å². The summed E-state index contributed by atoms with van der Waals surface area (Å²) >= 11 is 5.36. The van der Waals surface area contributed by atoms with Gasteiger partial charge in [-0.05, 0) is 53.4 Å². The number of benzene rings is 1. The minimum atomic E-state index is 0.460. The van der Waals surface area contributed by atoms with Crippen LogP contribution in [-0.4, -0.2) is 6.54 Å². The predicted molar refractivity (Wildman–Crippen MR) is 87.8 cm³/mol. The van der Waals surface area contributed by atoms with Crippen LogP contribution in [0.4, 0.5) is 0 Å². The Balaban J connectivity index is 1.97. The minimum absolute atomic E-state index is 0.460. The molecule has 0 saturated heterocycles. The van der Waals surface area contributed by atoms with Crippen molar-refractivity contribution in [1.29, 1.82) is 0 Å². The standard InChI is InChI=1S/C16H20BrNS/c1-2-10-18-16(13-6-4-3-5-7-13)9-8-15-11-14(17)12-19-15/h3-7,11-12,16,18H,2,8-10H2,1H3. The molecule has 0 amide bonds. The SMILES string of the molecule is CCCNC(CCc1cc(Br)cs1)c1ccccc1. The number of rotatable bonds is 7. The second-order valence-electron chi connectivity index (χ2n) is 4.69. The molecule has 2 rings (SSSR count). The first-order chi connectivity index (χ1) is 9.29. The summed E-state index contributed by atoms with van der Waals surface area (Å²) in [6.45, 7) is 3.29. The van der Waals surface area contributed by atoms with Crippen molar-refractivity contribution in [2.24, 2.45) is 0 Å². The number of aryl methyl sites for hydroxylation is 1. The molecule has 0 fully saturated rings. The van der Waals surface area contributed by atoms with Crippen LogP contribution in [0.3, 0.4) is 0 Å². The Hall–Kier alpha value is -0.640. The number of thiophene rings is 1. The van der Waals surface area contributed by atoms with Crippen molar-refractivity contribution in [2.45, 2.75) is 32.2 Å². The third-order valence-electron chi connectivity index (χ3n) is 3.14. The van der Waals surface area contributed by atoms with Crippen LogP contribution in [0, 0.1) is 0 Å². The van der Waals surface area contributed by atoms with Crippen LogP contribution in [0.2, 0.25) is 0 Å². The number of hydrogen-bond donors (Lipinski definition) is 1. The zero-order valence-corrected chi connectivity index (χ0v) is 13.6. The van der Waals surface area contributed by atoms with Gasteiger partial charge in [-0.1, -0.05) is 37.3 Å². The van der Waals surface area contributed by atoms with E-state index in [1.165, 1.54) is 21.3 Å². The molecule has 1 atom stereocenters. The zero-order chi connectivity index (χ0) is 13.5. The Morgan fingerprint density at radius 2 is 2.05 bits per heavy atom. The van der Waals surface area contributed by atoms with Gasteiger partial charge < -0.3 is 5.32 Å². The molecule has 2 aromatic rings. The lowest BCUT2D eigenvalue weighted by atomic mass is 10.0. The number of halogens is 1. The summed E-state index contributed by atoms with van der Waals surface area (Å²) in [5.41, 5.74) is 1.39. The summed E-state index contributed by atoms with van der Waals surface area (Å²) in [5, 5.41) is 5.81. The van der Waals surface area contributed by atoms with E-state index in [9.17, 15) is 0 Å². The monoisotopic (exact) mass is 337 g/mol. The minimum Gasteiger partial charge on any atom is -0.310 e. The van der Waals surface area contributed by atoms with Gasteiger partial charge in [0.15, 0.2) is 0 Å². The Morgan fingerprint density at radius 3 is 2.68 bits per heavy atom. The fourth-order valence-electron chi connectivity index (χ4n) is 2.16. The highest BCUT2D eigenvalue weighted by Gasteiger charge is 2.10. The van der Waals surface area contributed by atoms with E-state index in [0.29, 0.717) is 6.04 Å². The summed E-state index contributed by atoms with van der Waals surface area (Å²) in [6, 6.07) is 13.5. The third-order valence-corrected chi connectivity index (χ3v) is 4.90. The molecule has 19 heavy (non-hydrogen) atoms. The van der Waals surface area contributed by atoms with Gasteiger partial charge in [0.25, 0.3) is 0 Å². The first-order valence-corrected chi connectivity index (χ1v) is 8.48. The Kier molecular flexibility index (Phi) is 6.08. The molecular weight excluding hydrogens is 318 g/mol. The van der Waals surface area contributed by atoms with Crippen molar-refractivity contribution < 1.29 is 0 Å². The van der Waals surface area contributed by atoms with Crippen molar-refractivity contribution in [3.05, 3.63) is 56.7 Å². The van der Waals surface area contributed by atoms with Crippen LogP contribution in [0.25, 0.3) is 0 Å². The van der Waals surface area contributed by atoms with E-state index in [0.717, 1.165) is 19.4 Å². The number of nitrogens with one attached hydrogen (secondary N) is 1. The van der Waals surface area contributed by atoms with Crippen molar-refractivity contribution in [2.75, 3.05) is 6.54 Å². The second kappa shape index (κ2) is 7.83. The molecule has 102 valence electrons. The maximum absolute atomic E-state index is 3.66. The highest BCUT2D eigenvalue weighted by Crippen LogP contribution is 2.24. The van der Waals surface area contributed by atoms with Crippen LogP contribution in [0.15, 0.2) is 46.3 Å². The van der Waals surface area contributed by atoms with E-state index >= 15 is 0 Å². The van der Waals surface area contributed by atoms with Gasteiger partial charge in [0.05, 0.1) is 0 Å². The van der Waals surface area contributed by atoms with Crippen LogP contribution >= 0.6 is 27.3 Å². The molecule has 0 spiro atoms. The average Bonchev–Trinajstić information content (AvgIpc) is 2.86. The summed E-state index contributed by atoms with van der Waals surface area (Å²) in [7, 11) is 0. The van der Waals surface area contributed by atoms with Gasteiger partial charge in [-0.2, -0.15) is 0 Å². The normalized spacial score (nSPS) is 12.5. The lowest BCUT2D eigenvalue weighted by Crippen LogP contribution is -2.22. The van der Waals surface area contributed by atoms with Gasteiger partial charge in [-0.3, -0.25) is 0 Å². The average molecular weight is 338 g/mol. The summed E-state index contributed by atoms with van der Waals surface area (Å²) in [4.78, 5) is 1.45. The van der Waals surface area contributed by atoms with Gasteiger partial charge in [-0.15, -0.1) is 11.3 Å². The van der Waals surface area contributed by atoms with Crippen molar-refractivity contribution >= 4 is 27.3 Å². The van der Waals surface area contributed by atoms with Gasteiger partial charge in [-0.25, -0.2) is 0 Å². The molecular formula is C16H20BrNS. The van der Waals surface area contributed by atoms with Crippen LogP contribution in [0.5, 0.6) is 0 Å². The van der Waals surface area contributed by atoms with Crippen molar-refractivity contribution in [1.82, 2.24) is 5.32 Å². The molecule has 0 bridgehead atoms. The van der Waals surface area contributed by atoms with Gasteiger partial charge in [0.1, 0.15) is 0 Å². The topological polar surface area (TPSA) is 12.0 Å². The Labute approximate surface area is 128 Å². The third kappa shape index (κ3) is 4.75. The largest absolute Gasteiger partial charge is 0.310 e. The lowest BCUT2D eigenvalue weighted by molar-refractivity contribution is 0.501. The zero-order valence-electron chi connectivity index (χ0n) is 11.2. The van der Waals surface area contributed by atoms with E-state index in [1.54, 1.807) is 0 Å². The fourth-order valence-corrected chi connectivity index (χ4v) is 3.63. The molecule has 1 aromatic heterocycles. The Morgan fingerprint density at radius 1 is 1.26 bits per heavy atom. The highest BCUT2D eigenvalue weighted by atomic mass is 79.9. The quantitative estimate of drug-likeness (QED) is 0.733. The van der Waals surface area contributed by atoms with Crippen LogP contribution < -0.4 is 5.32 Å². The molecule has 0 aliphatic carbocycles. The maximum Gasteiger partial charge on any atom is 0.0323 e. The molecule has 1 unspecified atom stereocenters. The molecule has 0 aliphatic heterocycles. The molecule has 1 aromatic carbocycles. The van der Waals surface area contributed by atoms with E-state index in [1.807, 2.05) is 11.3 Å². The second-order valence-corrected chi connectivity index (χ2v) is 6.60. The molecule has 0 aliphatic rings.